The number of carbonyl (C=O) groups excluding carboxylic acids is 1. The fraction of sp³-hybridized carbons (Fsp3) is 0.476. The normalized spacial score (nSPS) is 17.4. The number of nitrogens with zero attached hydrogens (tertiary/aromatic N) is 1. The smallest absolute Gasteiger partial charge is 0.318 e. The van der Waals surface area contributed by atoms with E-state index < -0.39 is 0 Å². The van der Waals surface area contributed by atoms with E-state index in [1.807, 2.05) is 36.1 Å². The van der Waals surface area contributed by atoms with E-state index in [1.165, 1.54) is 11.1 Å². The lowest BCUT2D eigenvalue weighted by Crippen LogP contribution is -2.41. The van der Waals surface area contributed by atoms with Gasteiger partial charge in [0.05, 0.1) is 0 Å². The SMILES string of the molecule is C=C(C)C1CC=C(CN(C(=O)Nc2ccccc2C)C(C)C)CC1. The molecule has 0 saturated carbocycles. The first-order valence-electron chi connectivity index (χ1n) is 8.85. The second-order valence-electron chi connectivity index (χ2n) is 7.15. The van der Waals surface area contributed by atoms with Crippen molar-refractivity contribution in [2.75, 3.05) is 11.9 Å². The molecule has 1 unspecified atom stereocenters. The molecule has 0 aliphatic heterocycles. The van der Waals surface area contributed by atoms with E-state index in [2.05, 4.69) is 38.7 Å². The van der Waals surface area contributed by atoms with Gasteiger partial charge < -0.3 is 10.2 Å². The predicted octanol–water partition coefficient (Wildman–Crippen LogP) is 5.54. The summed E-state index contributed by atoms with van der Waals surface area (Å²) in [4.78, 5) is 14.6. The standard InChI is InChI=1S/C21H30N2O/c1-15(2)19-12-10-18(11-13-19)14-23(16(3)4)21(24)22-20-9-7-6-8-17(20)5/h6-10,16,19H,1,11-14H2,2-5H3,(H,22,24). The predicted molar refractivity (Wildman–Crippen MR) is 102 cm³/mol. The Morgan fingerprint density at radius 1 is 1.38 bits per heavy atom. The van der Waals surface area contributed by atoms with Crippen molar-refractivity contribution in [3.8, 4) is 0 Å². The first-order chi connectivity index (χ1) is 11.4. The molecule has 0 aromatic heterocycles. The van der Waals surface area contributed by atoms with Crippen molar-refractivity contribution in [2.45, 2.75) is 53.0 Å². The summed E-state index contributed by atoms with van der Waals surface area (Å²) in [5, 5.41) is 3.05. The number of aryl methyl sites for hydroxylation is 1. The summed E-state index contributed by atoms with van der Waals surface area (Å²) in [5.74, 6) is 0.599. The molecule has 24 heavy (non-hydrogen) atoms. The second-order valence-corrected chi connectivity index (χ2v) is 7.15. The summed E-state index contributed by atoms with van der Waals surface area (Å²) in [5.41, 5.74) is 4.59. The van der Waals surface area contributed by atoms with Crippen molar-refractivity contribution < 1.29 is 4.79 Å². The van der Waals surface area contributed by atoms with Crippen LogP contribution in [0.1, 0.15) is 45.6 Å². The van der Waals surface area contributed by atoms with E-state index in [-0.39, 0.29) is 12.1 Å². The zero-order chi connectivity index (χ0) is 17.7. The molecule has 1 atom stereocenters. The lowest BCUT2D eigenvalue weighted by molar-refractivity contribution is 0.201. The molecule has 3 nitrogen and oxygen atoms in total. The van der Waals surface area contributed by atoms with E-state index in [1.54, 1.807) is 0 Å². The third-order valence-electron chi connectivity index (χ3n) is 4.85. The van der Waals surface area contributed by atoms with Crippen LogP contribution in [0.15, 0.2) is 48.1 Å². The van der Waals surface area contributed by atoms with Gasteiger partial charge in [-0.3, -0.25) is 0 Å². The van der Waals surface area contributed by atoms with Crippen molar-refractivity contribution in [1.82, 2.24) is 4.90 Å². The Morgan fingerprint density at radius 3 is 2.62 bits per heavy atom. The molecule has 1 aliphatic carbocycles. The highest BCUT2D eigenvalue weighted by atomic mass is 16.2. The van der Waals surface area contributed by atoms with Gasteiger partial charge in [-0.15, -0.1) is 0 Å². The fourth-order valence-corrected chi connectivity index (χ4v) is 3.09. The molecule has 0 saturated heterocycles. The summed E-state index contributed by atoms with van der Waals surface area (Å²) in [7, 11) is 0. The quantitative estimate of drug-likeness (QED) is 0.708. The van der Waals surface area contributed by atoms with Crippen LogP contribution in [-0.4, -0.2) is 23.5 Å². The minimum atomic E-state index is -0.0257. The number of rotatable bonds is 5. The van der Waals surface area contributed by atoms with Gasteiger partial charge in [-0.25, -0.2) is 4.79 Å². The van der Waals surface area contributed by atoms with Crippen LogP contribution in [0.3, 0.4) is 0 Å². The summed E-state index contributed by atoms with van der Waals surface area (Å²) in [6.07, 6.45) is 5.56. The lowest BCUT2D eigenvalue weighted by atomic mass is 9.85. The number of urea groups is 1. The van der Waals surface area contributed by atoms with Crippen molar-refractivity contribution in [2.24, 2.45) is 5.92 Å². The highest BCUT2D eigenvalue weighted by Gasteiger charge is 2.21. The average Bonchev–Trinajstić information content (AvgIpc) is 2.54. The molecule has 1 aliphatic rings. The monoisotopic (exact) mass is 326 g/mol. The Kier molecular flexibility index (Phi) is 6.24. The second kappa shape index (κ2) is 8.18. The zero-order valence-corrected chi connectivity index (χ0v) is 15.4. The van der Waals surface area contributed by atoms with Gasteiger partial charge in [-0.1, -0.05) is 42.0 Å². The Bertz CT molecular complexity index is 630. The molecule has 0 heterocycles. The highest BCUT2D eigenvalue weighted by molar-refractivity contribution is 5.90. The third kappa shape index (κ3) is 4.73. The number of amides is 2. The minimum Gasteiger partial charge on any atom is -0.318 e. The Balaban J connectivity index is 2.03. The maximum atomic E-state index is 12.7. The molecule has 1 aromatic carbocycles. The van der Waals surface area contributed by atoms with Gasteiger partial charge >= 0.3 is 6.03 Å². The number of para-hydroxylation sites is 1. The summed E-state index contributed by atoms with van der Waals surface area (Å²) in [6, 6.07) is 8.02. The van der Waals surface area contributed by atoms with Gasteiger partial charge in [0.25, 0.3) is 0 Å². The van der Waals surface area contributed by atoms with Crippen molar-refractivity contribution in [3.05, 3.63) is 53.6 Å². The van der Waals surface area contributed by atoms with E-state index >= 15 is 0 Å². The van der Waals surface area contributed by atoms with E-state index in [4.69, 9.17) is 0 Å². The van der Waals surface area contributed by atoms with E-state index in [0.717, 1.165) is 30.5 Å². The molecular formula is C21H30N2O. The zero-order valence-electron chi connectivity index (χ0n) is 15.4. The van der Waals surface area contributed by atoms with Crippen molar-refractivity contribution in [3.63, 3.8) is 0 Å². The molecular weight excluding hydrogens is 296 g/mol. The van der Waals surface area contributed by atoms with Gasteiger partial charge in [0, 0.05) is 18.3 Å². The molecule has 0 radical (unpaired) electrons. The van der Waals surface area contributed by atoms with E-state index in [0.29, 0.717) is 12.5 Å². The molecule has 1 aromatic rings. The van der Waals surface area contributed by atoms with Crippen LogP contribution >= 0.6 is 0 Å². The Morgan fingerprint density at radius 2 is 2.08 bits per heavy atom. The van der Waals surface area contributed by atoms with Gasteiger partial charge in [-0.05, 0) is 64.5 Å². The van der Waals surface area contributed by atoms with Crippen LogP contribution in [0.4, 0.5) is 10.5 Å². The van der Waals surface area contributed by atoms with E-state index in [9.17, 15) is 4.79 Å². The van der Waals surface area contributed by atoms with Gasteiger partial charge in [0.2, 0.25) is 0 Å². The number of carbonyl (C=O) groups is 1. The van der Waals surface area contributed by atoms with Crippen molar-refractivity contribution in [1.29, 1.82) is 0 Å². The van der Waals surface area contributed by atoms with Crippen LogP contribution in [0.25, 0.3) is 0 Å². The molecule has 0 spiro atoms. The maximum absolute atomic E-state index is 12.7. The Hall–Kier alpha value is -2.03. The Labute approximate surface area is 146 Å². The highest BCUT2D eigenvalue weighted by Crippen LogP contribution is 2.29. The number of hydrogen-bond acceptors (Lipinski definition) is 1. The number of allylic oxidation sites excluding steroid dienone is 2. The molecule has 0 bridgehead atoms. The number of nitrogens with one attached hydrogen (secondary N) is 1. The van der Waals surface area contributed by atoms with Crippen LogP contribution < -0.4 is 5.32 Å². The average molecular weight is 326 g/mol. The first kappa shape index (κ1) is 18.3. The van der Waals surface area contributed by atoms with Crippen LogP contribution in [0.5, 0.6) is 0 Å². The molecule has 1 N–H and O–H groups in total. The minimum absolute atomic E-state index is 0.0257. The fourth-order valence-electron chi connectivity index (χ4n) is 3.09. The van der Waals surface area contributed by atoms with Gasteiger partial charge in [-0.2, -0.15) is 0 Å². The van der Waals surface area contributed by atoms with Gasteiger partial charge in [0.15, 0.2) is 0 Å². The molecule has 2 amide bonds. The summed E-state index contributed by atoms with van der Waals surface area (Å²) in [6.45, 7) is 13.0. The number of benzene rings is 1. The number of hydrogen-bond donors (Lipinski definition) is 1. The first-order valence-corrected chi connectivity index (χ1v) is 8.85. The van der Waals surface area contributed by atoms with Crippen LogP contribution in [0, 0.1) is 12.8 Å². The molecule has 3 heteroatoms. The van der Waals surface area contributed by atoms with Crippen molar-refractivity contribution >= 4 is 11.7 Å². The topological polar surface area (TPSA) is 32.3 Å². The third-order valence-corrected chi connectivity index (χ3v) is 4.85. The number of anilines is 1. The van der Waals surface area contributed by atoms with Crippen LogP contribution in [0.2, 0.25) is 0 Å². The maximum Gasteiger partial charge on any atom is 0.322 e. The largest absolute Gasteiger partial charge is 0.322 e. The summed E-state index contributed by atoms with van der Waals surface area (Å²) >= 11 is 0. The van der Waals surface area contributed by atoms with Gasteiger partial charge in [0.1, 0.15) is 0 Å². The molecule has 130 valence electrons. The van der Waals surface area contributed by atoms with Crippen LogP contribution in [-0.2, 0) is 0 Å². The summed E-state index contributed by atoms with van der Waals surface area (Å²) < 4.78 is 0. The molecule has 2 rings (SSSR count). The molecule has 0 fully saturated rings. The lowest BCUT2D eigenvalue weighted by Gasteiger charge is -2.30.